The number of benzene rings is 1. The van der Waals surface area contributed by atoms with Gasteiger partial charge in [0.25, 0.3) is 0 Å². The first kappa shape index (κ1) is 17.6. The fraction of sp³-hybridized carbons (Fsp3) is 0.316. The van der Waals surface area contributed by atoms with Gasteiger partial charge in [-0.1, -0.05) is 36.4 Å². The van der Waals surface area contributed by atoms with Crippen LogP contribution in [0.3, 0.4) is 0 Å². The topological polar surface area (TPSA) is 82.9 Å². The van der Waals surface area contributed by atoms with Gasteiger partial charge >= 0.3 is 0 Å². The molecule has 2 unspecified atom stereocenters. The molecule has 2 N–H and O–H groups in total. The molecular formula is C19H20FN5O2. The standard InChI is InChI=1S/C19H20FN5O2/c20-16-12-21-19(23-18(16)25-7-9-27-10-8-25)24-22-11-15-14-4-2-1-3-13(14)5-6-17(15)26/h1-6,11-12,15,17,26H,7-10H2,(H,21,23,24)/b22-11+. The fourth-order valence-electron chi connectivity index (χ4n) is 3.22. The zero-order chi connectivity index (χ0) is 18.6. The summed E-state index contributed by atoms with van der Waals surface area (Å²) in [4.78, 5) is 9.98. The summed E-state index contributed by atoms with van der Waals surface area (Å²) in [5, 5.41) is 14.4. The molecule has 0 amide bonds. The van der Waals surface area contributed by atoms with E-state index in [-0.39, 0.29) is 17.7 Å². The van der Waals surface area contributed by atoms with Gasteiger partial charge < -0.3 is 14.7 Å². The number of morpholine rings is 1. The molecule has 1 aliphatic carbocycles. The van der Waals surface area contributed by atoms with E-state index in [4.69, 9.17) is 4.74 Å². The molecule has 4 rings (SSSR count). The Bertz CT molecular complexity index is 867. The van der Waals surface area contributed by atoms with Gasteiger partial charge in [-0.15, -0.1) is 0 Å². The average Bonchev–Trinajstić information content (AvgIpc) is 2.71. The van der Waals surface area contributed by atoms with Crippen LogP contribution in [0.25, 0.3) is 6.08 Å². The number of hydrogen-bond donors (Lipinski definition) is 2. The van der Waals surface area contributed by atoms with Gasteiger partial charge in [-0.3, -0.25) is 0 Å². The zero-order valence-corrected chi connectivity index (χ0v) is 14.6. The molecule has 2 atom stereocenters. The molecule has 1 aromatic heterocycles. The van der Waals surface area contributed by atoms with Crippen molar-refractivity contribution < 1.29 is 14.2 Å². The minimum atomic E-state index is -0.663. The number of aliphatic hydroxyl groups is 1. The second kappa shape index (κ2) is 7.81. The molecule has 0 saturated carbocycles. The summed E-state index contributed by atoms with van der Waals surface area (Å²) < 4.78 is 19.4. The summed E-state index contributed by atoms with van der Waals surface area (Å²) in [6.07, 6.45) is 5.72. The van der Waals surface area contributed by atoms with E-state index in [0.29, 0.717) is 26.3 Å². The molecule has 2 heterocycles. The Labute approximate surface area is 156 Å². The van der Waals surface area contributed by atoms with Crippen molar-refractivity contribution in [1.82, 2.24) is 9.97 Å². The van der Waals surface area contributed by atoms with Crippen molar-refractivity contribution in [3.05, 3.63) is 53.5 Å². The van der Waals surface area contributed by atoms with Crippen molar-refractivity contribution in [3.63, 3.8) is 0 Å². The van der Waals surface area contributed by atoms with Gasteiger partial charge in [0, 0.05) is 19.3 Å². The van der Waals surface area contributed by atoms with Gasteiger partial charge in [-0.25, -0.2) is 14.8 Å². The predicted molar refractivity (Wildman–Crippen MR) is 101 cm³/mol. The van der Waals surface area contributed by atoms with Crippen molar-refractivity contribution in [3.8, 4) is 0 Å². The van der Waals surface area contributed by atoms with Crippen LogP contribution in [0.4, 0.5) is 16.2 Å². The number of aromatic nitrogens is 2. The van der Waals surface area contributed by atoms with Crippen LogP contribution in [0, 0.1) is 5.82 Å². The van der Waals surface area contributed by atoms with Crippen LogP contribution in [0.2, 0.25) is 0 Å². The summed E-state index contributed by atoms with van der Waals surface area (Å²) in [5.74, 6) is -0.327. The van der Waals surface area contributed by atoms with Crippen molar-refractivity contribution in [2.75, 3.05) is 36.6 Å². The molecule has 8 heteroatoms. The largest absolute Gasteiger partial charge is 0.388 e. The van der Waals surface area contributed by atoms with Gasteiger partial charge in [0.05, 0.1) is 31.4 Å². The molecule has 7 nitrogen and oxygen atoms in total. The van der Waals surface area contributed by atoms with Crippen LogP contribution >= 0.6 is 0 Å². The van der Waals surface area contributed by atoms with E-state index >= 15 is 0 Å². The molecule has 27 heavy (non-hydrogen) atoms. The molecule has 1 saturated heterocycles. The lowest BCUT2D eigenvalue weighted by molar-refractivity contribution is 0.122. The maximum atomic E-state index is 14.1. The Hall–Kier alpha value is -2.84. The van der Waals surface area contributed by atoms with Gasteiger partial charge in [-0.2, -0.15) is 10.1 Å². The van der Waals surface area contributed by atoms with Crippen molar-refractivity contribution in [2.45, 2.75) is 12.0 Å². The fourth-order valence-corrected chi connectivity index (χ4v) is 3.22. The number of aliphatic hydroxyl groups excluding tert-OH is 1. The Morgan fingerprint density at radius 2 is 2.11 bits per heavy atom. The lowest BCUT2D eigenvalue weighted by atomic mass is 9.86. The Morgan fingerprint density at radius 1 is 1.30 bits per heavy atom. The van der Waals surface area contributed by atoms with Crippen LogP contribution in [0.15, 0.2) is 41.6 Å². The van der Waals surface area contributed by atoms with Crippen molar-refractivity contribution in [2.24, 2.45) is 5.10 Å². The molecular weight excluding hydrogens is 349 g/mol. The van der Waals surface area contributed by atoms with E-state index in [0.717, 1.165) is 17.3 Å². The number of nitrogens with one attached hydrogen (secondary N) is 1. The Morgan fingerprint density at radius 3 is 2.96 bits per heavy atom. The van der Waals surface area contributed by atoms with Crippen LogP contribution in [-0.2, 0) is 4.74 Å². The molecule has 0 bridgehead atoms. The lowest BCUT2D eigenvalue weighted by Crippen LogP contribution is -2.37. The van der Waals surface area contributed by atoms with Gasteiger partial charge in [0.2, 0.25) is 5.95 Å². The second-order valence-corrected chi connectivity index (χ2v) is 6.36. The third-order valence-corrected chi connectivity index (χ3v) is 4.63. The normalized spacial score (nSPS) is 22.1. The SMILES string of the molecule is OC1C=Cc2ccccc2C1/C=N/Nc1ncc(F)c(N2CCOCC2)n1. The molecule has 0 spiro atoms. The number of anilines is 2. The van der Waals surface area contributed by atoms with Crippen molar-refractivity contribution in [1.29, 1.82) is 0 Å². The zero-order valence-electron chi connectivity index (χ0n) is 14.6. The summed E-state index contributed by atoms with van der Waals surface area (Å²) in [6.45, 7) is 2.23. The number of fused-ring (bicyclic) bond motifs is 1. The molecule has 1 aromatic carbocycles. The number of hydrogen-bond acceptors (Lipinski definition) is 7. The highest BCUT2D eigenvalue weighted by atomic mass is 19.1. The van der Waals surface area contributed by atoms with Crippen LogP contribution < -0.4 is 10.3 Å². The summed E-state index contributed by atoms with van der Waals surface area (Å²) in [5.41, 5.74) is 4.78. The lowest BCUT2D eigenvalue weighted by Gasteiger charge is -2.27. The van der Waals surface area contributed by atoms with Gasteiger partial charge in [0.15, 0.2) is 11.6 Å². The average molecular weight is 369 g/mol. The first-order valence-corrected chi connectivity index (χ1v) is 8.82. The number of rotatable bonds is 4. The number of nitrogens with zero attached hydrogens (tertiary/aromatic N) is 4. The maximum Gasteiger partial charge on any atom is 0.245 e. The molecule has 2 aliphatic rings. The number of hydrazone groups is 1. The highest BCUT2D eigenvalue weighted by molar-refractivity contribution is 5.75. The molecule has 0 radical (unpaired) electrons. The monoisotopic (exact) mass is 369 g/mol. The quantitative estimate of drug-likeness (QED) is 0.634. The maximum absolute atomic E-state index is 14.1. The number of ether oxygens (including phenoxy) is 1. The van der Waals surface area contributed by atoms with E-state index in [1.54, 1.807) is 12.3 Å². The predicted octanol–water partition coefficient (Wildman–Crippen LogP) is 2.02. The smallest absolute Gasteiger partial charge is 0.245 e. The minimum Gasteiger partial charge on any atom is -0.388 e. The Kier molecular flexibility index (Phi) is 5.08. The first-order valence-electron chi connectivity index (χ1n) is 8.82. The van der Waals surface area contributed by atoms with Crippen LogP contribution in [-0.4, -0.2) is 53.7 Å². The number of halogens is 1. The third-order valence-electron chi connectivity index (χ3n) is 4.63. The van der Waals surface area contributed by atoms with E-state index in [1.807, 2.05) is 35.2 Å². The van der Waals surface area contributed by atoms with Gasteiger partial charge in [0.1, 0.15) is 0 Å². The molecule has 140 valence electrons. The molecule has 2 aromatic rings. The van der Waals surface area contributed by atoms with E-state index in [9.17, 15) is 9.50 Å². The summed E-state index contributed by atoms with van der Waals surface area (Å²) in [6, 6.07) is 7.83. The second-order valence-electron chi connectivity index (χ2n) is 6.36. The first-order chi connectivity index (χ1) is 13.2. The summed E-state index contributed by atoms with van der Waals surface area (Å²) >= 11 is 0. The third kappa shape index (κ3) is 3.81. The van der Waals surface area contributed by atoms with E-state index in [2.05, 4.69) is 20.5 Å². The van der Waals surface area contributed by atoms with Gasteiger partial charge in [-0.05, 0) is 11.1 Å². The van der Waals surface area contributed by atoms with E-state index in [1.165, 1.54) is 0 Å². The van der Waals surface area contributed by atoms with Crippen molar-refractivity contribution >= 4 is 24.1 Å². The summed E-state index contributed by atoms with van der Waals surface area (Å²) in [7, 11) is 0. The minimum absolute atomic E-state index is 0.197. The van der Waals surface area contributed by atoms with Crippen LogP contribution in [0.5, 0.6) is 0 Å². The molecule has 1 fully saturated rings. The van der Waals surface area contributed by atoms with E-state index < -0.39 is 11.9 Å². The Balaban J connectivity index is 1.49. The highest BCUT2D eigenvalue weighted by Gasteiger charge is 2.23. The van der Waals surface area contributed by atoms with Crippen LogP contribution in [0.1, 0.15) is 17.0 Å². The highest BCUT2D eigenvalue weighted by Crippen LogP contribution is 2.28. The molecule has 1 aliphatic heterocycles.